The molecular formula is C14H22N6O2. The summed E-state index contributed by atoms with van der Waals surface area (Å²) in [6, 6.07) is 0. The predicted octanol–water partition coefficient (Wildman–Crippen LogP) is 0.720. The number of hydrogen-bond acceptors (Lipinski definition) is 7. The molecule has 0 radical (unpaired) electrons. The fourth-order valence-corrected chi connectivity index (χ4v) is 2.03. The van der Waals surface area contributed by atoms with E-state index in [1.807, 2.05) is 20.8 Å². The quantitative estimate of drug-likeness (QED) is 0.789. The van der Waals surface area contributed by atoms with Crippen LogP contribution in [0.2, 0.25) is 0 Å². The molecule has 1 aliphatic heterocycles. The number of piperazine rings is 1. The second-order valence-electron chi connectivity index (χ2n) is 5.89. The number of carbonyl (C=O) groups is 1. The van der Waals surface area contributed by atoms with Crippen molar-refractivity contribution in [3.8, 4) is 0 Å². The standard InChI is InChI=1S/C9H12N6.C5H10O2/c1-3-15(4-2-10-1)9-7-5-13-14-8(7)11-6-12-9;1-5(2,3)7-4-6/h5-6,10H,1-4H2,(H,11,12,13,14);4H,1-3H3. The van der Waals surface area contributed by atoms with Crippen molar-refractivity contribution < 1.29 is 9.53 Å². The second kappa shape index (κ2) is 7.17. The van der Waals surface area contributed by atoms with Gasteiger partial charge in [0.25, 0.3) is 6.47 Å². The molecule has 0 aromatic carbocycles. The third-order valence-electron chi connectivity index (χ3n) is 3.05. The number of carbonyl (C=O) groups excluding carboxylic acids is 1. The number of hydrogen-bond donors (Lipinski definition) is 2. The van der Waals surface area contributed by atoms with Crippen LogP contribution in [0, 0.1) is 0 Å². The molecule has 2 aromatic heterocycles. The fraction of sp³-hybridized carbons (Fsp3) is 0.571. The van der Waals surface area contributed by atoms with Crippen LogP contribution in [0.5, 0.6) is 0 Å². The minimum Gasteiger partial charge on any atom is -0.462 e. The van der Waals surface area contributed by atoms with E-state index in [0.29, 0.717) is 6.47 Å². The van der Waals surface area contributed by atoms with Gasteiger partial charge in [0.05, 0.1) is 11.6 Å². The van der Waals surface area contributed by atoms with Gasteiger partial charge in [0.2, 0.25) is 0 Å². The zero-order valence-corrected chi connectivity index (χ0v) is 13.2. The monoisotopic (exact) mass is 306 g/mol. The van der Waals surface area contributed by atoms with Gasteiger partial charge in [0.15, 0.2) is 5.65 Å². The zero-order valence-electron chi connectivity index (χ0n) is 13.2. The molecule has 1 fully saturated rings. The molecule has 22 heavy (non-hydrogen) atoms. The maximum atomic E-state index is 9.60. The molecule has 0 amide bonds. The first kappa shape index (κ1) is 16.2. The minimum atomic E-state index is -0.318. The van der Waals surface area contributed by atoms with E-state index in [-0.39, 0.29) is 5.60 Å². The highest BCUT2D eigenvalue weighted by Gasteiger charge is 2.15. The van der Waals surface area contributed by atoms with Gasteiger partial charge in [-0.1, -0.05) is 0 Å². The van der Waals surface area contributed by atoms with Gasteiger partial charge < -0.3 is 15.0 Å². The molecule has 0 saturated carbocycles. The summed E-state index contributed by atoms with van der Waals surface area (Å²) in [6.45, 7) is 9.89. The molecule has 8 heteroatoms. The van der Waals surface area contributed by atoms with E-state index in [1.54, 1.807) is 12.5 Å². The number of nitrogens with zero attached hydrogens (tertiary/aromatic N) is 4. The number of fused-ring (bicyclic) bond motifs is 1. The molecule has 1 saturated heterocycles. The molecule has 0 bridgehead atoms. The van der Waals surface area contributed by atoms with E-state index < -0.39 is 0 Å². The van der Waals surface area contributed by atoms with Gasteiger partial charge in [0, 0.05) is 26.2 Å². The van der Waals surface area contributed by atoms with Crippen molar-refractivity contribution >= 4 is 23.3 Å². The van der Waals surface area contributed by atoms with Gasteiger partial charge in [-0.15, -0.1) is 0 Å². The van der Waals surface area contributed by atoms with Crippen molar-refractivity contribution in [1.82, 2.24) is 25.5 Å². The molecule has 2 aromatic rings. The smallest absolute Gasteiger partial charge is 0.293 e. The maximum absolute atomic E-state index is 9.60. The Hall–Kier alpha value is -2.22. The molecule has 120 valence electrons. The van der Waals surface area contributed by atoms with Crippen LogP contribution >= 0.6 is 0 Å². The number of aromatic amines is 1. The van der Waals surface area contributed by atoms with Crippen LogP contribution in [-0.4, -0.2) is 58.4 Å². The summed E-state index contributed by atoms with van der Waals surface area (Å²) < 4.78 is 4.55. The van der Waals surface area contributed by atoms with Crippen LogP contribution < -0.4 is 10.2 Å². The Morgan fingerprint density at radius 1 is 1.27 bits per heavy atom. The topological polar surface area (TPSA) is 96.0 Å². The molecular weight excluding hydrogens is 284 g/mol. The summed E-state index contributed by atoms with van der Waals surface area (Å²) >= 11 is 0. The number of H-pyrrole nitrogens is 1. The van der Waals surface area contributed by atoms with E-state index in [0.717, 1.165) is 43.0 Å². The highest BCUT2D eigenvalue weighted by molar-refractivity contribution is 5.86. The zero-order chi connectivity index (χ0) is 16.0. The van der Waals surface area contributed by atoms with Gasteiger partial charge in [-0.05, 0) is 20.8 Å². The van der Waals surface area contributed by atoms with Gasteiger partial charge in [-0.3, -0.25) is 9.89 Å². The van der Waals surface area contributed by atoms with E-state index in [2.05, 4.69) is 35.1 Å². The van der Waals surface area contributed by atoms with Gasteiger partial charge in [0.1, 0.15) is 17.7 Å². The molecule has 2 N–H and O–H groups in total. The summed E-state index contributed by atoms with van der Waals surface area (Å²) in [7, 11) is 0. The lowest BCUT2D eigenvalue weighted by Crippen LogP contribution is -2.43. The van der Waals surface area contributed by atoms with E-state index in [4.69, 9.17) is 0 Å². The van der Waals surface area contributed by atoms with Crippen LogP contribution in [0.15, 0.2) is 12.5 Å². The number of nitrogens with one attached hydrogen (secondary N) is 2. The highest BCUT2D eigenvalue weighted by atomic mass is 16.5. The number of anilines is 1. The Morgan fingerprint density at radius 3 is 2.59 bits per heavy atom. The van der Waals surface area contributed by atoms with Gasteiger partial charge in [-0.2, -0.15) is 5.10 Å². The Morgan fingerprint density at radius 2 is 2.00 bits per heavy atom. The van der Waals surface area contributed by atoms with Crippen LogP contribution in [0.3, 0.4) is 0 Å². The Kier molecular flexibility index (Phi) is 5.26. The highest BCUT2D eigenvalue weighted by Crippen LogP contribution is 2.20. The van der Waals surface area contributed by atoms with Crippen molar-refractivity contribution in [3.63, 3.8) is 0 Å². The van der Waals surface area contributed by atoms with Gasteiger partial charge in [-0.25, -0.2) is 9.97 Å². The summed E-state index contributed by atoms with van der Waals surface area (Å²) in [5, 5.41) is 11.2. The average Bonchev–Trinajstić information content (AvgIpc) is 2.96. The number of aromatic nitrogens is 4. The molecule has 0 spiro atoms. The van der Waals surface area contributed by atoms with Gasteiger partial charge >= 0.3 is 0 Å². The second-order valence-corrected chi connectivity index (χ2v) is 5.89. The Balaban J connectivity index is 0.000000217. The molecule has 3 heterocycles. The largest absolute Gasteiger partial charge is 0.462 e. The van der Waals surface area contributed by atoms with Crippen molar-refractivity contribution in [2.75, 3.05) is 31.1 Å². The van der Waals surface area contributed by atoms with Crippen molar-refractivity contribution in [1.29, 1.82) is 0 Å². The first-order valence-electron chi connectivity index (χ1n) is 7.22. The first-order valence-corrected chi connectivity index (χ1v) is 7.22. The van der Waals surface area contributed by atoms with E-state index in [1.165, 1.54) is 0 Å². The van der Waals surface area contributed by atoms with Crippen LogP contribution in [0.4, 0.5) is 5.82 Å². The molecule has 3 rings (SSSR count). The average molecular weight is 306 g/mol. The molecule has 0 atom stereocenters. The van der Waals surface area contributed by atoms with Crippen molar-refractivity contribution in [2.24, 2.45) is 0 Å². The lowest BCUT2D eigenvalue weighted by Gasteiger charge is -2.28. The Bertz CT molecular complexity index is 601. The third-order valence-corrected chi connectivity index (χ3v) is 3.05. The third kappa shape index (κ3) is 4.39. The fourth-order valence-electron chi connectivity index (χ4n) is 2.03. The molecule has 0 unspecified atom stereocenters. The Labute approximate surface area is 129 Å². The van der Waals surface area contributed by atoms with Crippen molar-refractivity contribution in [2.45, 2.75) is 26.4 Å². The summed E-state index contributed by atoms with van der Waals surface area (Å²) in [6.07, 6.45) is 3.37. The molecule has 1 aliphatic rings. The lowest BCUT2D eigenvalue weighted by atomic mass is 10.2. The number of rotatable bonds is 2. The normalized spacial score (nSPS) is 15.1. The predicted molar refractivity (Wildman–Crippen MR) is 83.7 cm³/mol. The maximum Gasteiger partial charge on any atom is 0.293 e. The number of ether oxygens (including phenoxy) is 1. The summed E-state index contributed by atoms with van der Waals surface area (Å²) in [5.74, 6) is 0.982. The molecule has 8 nitrogen and oxygen atoms in total. The SMILES string of the molecule is CC(C)(C)OC=O.c1nc(N2CCNCC2)c2cn[nH]c2n1. The lowest BCUT2D eigenvalue weighted by molar-refractivity contribution is -0.138. The summed E-state index contributed by atoms with van der Waals surface area (Å²) in [5.41, 5.74) is 0.486. The van der Waals surface area contributed by atoms with Crippen LogP contribution in [-0.2, 0) is 9.53 Å². The van der Waals surface area contributed by atoms with E-state index >= 15 is 0 Å². The molecule has 0 aliphatic carbocycles. The van der Waals surface area contributed by atoms with Crippen LogP contribution in [0.25, 0.3) is 11.0 Å². The first-order chi connectivity index (χ1) is 10.5. The minimum absolute atomic E-state index is 0.318. The van der Waals surface area contributed by atoms with E-state index in [9.17, 15) is 4.79 Å². The summed E-state index contributed by atoms with van der Waals surface area (Å²) in [4.78, 5) is 20.3. The van der Waals surface area contributed by atoms with Crippen LogP contribution in [0.1, 0.15) is 20.8 Å². The van der Waals surface area contributed by atoms with Crippen molar-refractivity contribution in [3.05, 3.63) is 12.5 Å².